The zero-order valence-corrected chi connectivity index (χ0v) is 18.4. The SMILES string of the molecule is COc1ccc(C2CC(c3ccc(Br)cc3)=NN2C(=O)CCCC(=O)O)c(OC)c1. The van der Waals surface area contributed by atoms with Gasteiger partial charge >= 0.3 is 5.97 Å². The third-order valence-corrected chi connectivity index (χ3v) is 5.45. The van der Waals surface area contributed by atoms with Gasteiger partial charge in [-0.3, -0.25) is 9.59 Å². The minimum Gasteiger partial charge on any atom is -0.497 e. The van der Waals surface area contributed by atoms with Gasteiger partial charge in [-0.1, -0.05) is 28.1 Å². The van der Waals surface area contributed by atoms with Crippen molar-refractivity contribution in [2.45, 2.75) is 31.7 Å². The second-order valence-corrected chi connectivity index (χ2v) is 7.78. The van der Waals surface area contributed by atoms with Crippen molar-refractivity contribution in [1.82, 2.24) is 5.01 Å². The maximum absolute atomic E-state index is 12.9. The Morgan fingerprint density at radius 1 is 1.13 bits per heavy atom. The molecule has 158 valence electrons. The van der Waals surface area contributed by atoms with E-state index in [0.717, 1.165) is 21.3 Å². The fraction of sp³-hybridized carbons (Fsp3) is 0.318. The van der Waals surface area contributed by atoms with Gasteiger partial charge in [-0.15, -0.1) is 0 Å². The van der Waals surface area contributed by atoms with Crippen LogP contribution in [0.3, 0.4) is 0 Å². The Balaban J connectivity index is 1.93. The molecule has 0 saturated carbocycles. The molecule has 0 saturated heterocycles. The number of benzene rings is 2. The van der Waals surface area contributed by atoms with Crippen LogP contribution in [0, 0.1) is 0 Å². The van der Waals surface area contributed by atoms with Gasteiger partial charge < -0.3 is 14.6 Å². The number of methoxy groups -OCH3 is 2. The molecule has 3 rings (SSSR count). The first-order valence-corrected chi connectivity index (χ1v) is 10.3. The molecule has 0 radical (unpaired) electrons. The molecule has 0 bridgehead atoms. The maximum atomic E-state index is 12.9. The van der Waals surface area contributed by atoms with E-state index in [2.05, 4.69) is 21.0 Å². The van der Waals surface area contributed by atoms with Gasteiger partial charge in [0.05, 0.1) is 26.0 Å². The predicted octanol–water partition coefficient (Wildman–Crippen LogP) is 4.40. The molecule has 7 nitrogen and oxygen atoms in total. The van der Waals surface area contributed by atoms with Crippen molar-refractivity contribution < 1.29 is 24.2 Å². The topological polar surface area (TPSA) is 88.4 Å². The first kappa shape index (κ1) is 21.8. The minimum atomic E-state index is -0.920. The fourth-order valence-electron chi connectivity index (χ4n) is 3.40. The lowest BCUT2D eigenvalue weighted by Crippen LogP contribution is -2.27. The van der Waals surface area contributed by atoms with Crippen molar-refractivity contribution in [3.8, 4) is 11.5 Å². The highest BCUT2D eigenvalue weighted by molar-refractivity contribution is 9.10. The molecule has 1 heterocycles. The third-order valence-electron chi connectivity index (χ3n) is 4.92. The van der Waals surface area contributed by atoms with Crippen LogP contribution in [0.5, 0.6) is 11.5 Å². The largest absolute Gasteiger partial charge is 0.497 e. The Morgan fingerprint density at radius 2 is 1.87 bits per heavy atom. The number of aliphatic carboxylic acids is 1. The number of carbonyl (C=O) groups is 2. The number of amides is 1. The monoisotopic (exact) mass is 474 g/mol. The van der Waals surface area contributed by atoms with Crippen LogP contribution >= 0.6 is 15.9 Å². The van der Waals surface area contributed by atoms with Crippen LogP contribution in [0.4, 0.5) is 0 Å². The first-order chi connectivity index (χ1) is 14.4. The number of hydrazone groups is 1. The van der Waals surface area contributed by atoms with Gasteiger partial charge in [0.25, 0.3) is 0 Å². The van der Waals surface area contributed by atoms with E-state index in [1.54, 1.807) is 20.3 Å². The molecule has 1 N–H and O–H groups in total. The van der Waals surface area contributed by atoms with Crippen molar-refractivity contribution in [2.24, 2.45) is 5.10 Å². The Hall–Kier alpha value is -2.87. The number of ether oxygens (including phenoxy) is 2. The summed E-state index contributed by atoms with van der Waals surface area (Å²) < 4.78 is 11.8. The van der Waals surface area contributed by atoms with Crippen molar-refractivity contribution in [1.29, 1.82) is 0 Å². The molecule has 1 atom stereocenters. The molecule has 1 unspecified atom stereocenters. The lowest BCUT2D eigenvalue weighted by atomic mass is 9.97. The summed E-state index contributed by atoms with van der Waals surface area (Å²) >= 11 is 3.43. The maximum Gasteiger partial charge on any atom is 0.303 e. The second-order valence-electron chi connectivity index (χ2n) is 6.87. The van der Waals surface area contributed by atoms with Crippen molar-refractivity contribution >= 4 is 33.5 Å². The van der Waals surface area contributed by atoms with Gasteiger partial charge in [0, 0.05) is 35.4 Å². The Labute approximate surface area is 183 Å². The van der Waals surface area contributed by atoms with Crippen molar-refractivity contribution in [3.63, 3.8) is 0 Å². The van der Waals surface area contributed by atoms with Gasteiger partial charge in [0.2, 0.25) is 5.91 Å². The lowest BCUT2D eigenvalue weighted by Gasteiger charge is -2.24. The molecule has 1 aliphatic heterocycles. The number of carboxylic acids is 1. The van der Waals surface area contributed by atoms with Crippen LogP contribution in [0.1, 0.15) is 42.9 Å². The summed E-state index contributed by atoms with van der Waals surface area (Å²) in [7, 11) is 3.15. The van der Waals surface area contributed by atoms with Crippen LogP contribution in [0.15, 0.2) is 52.0 Å². The summed E-state index contributed by atoms with van der Waals surface area (Å²) in [4.78, 5) is 23.7. The van der Waals surface area contributed by atoms with Crippen LogP contribution in [0.2, 0.25) is 0 Å². The van der Waals surface area contributed by atoms with E-state index in [-0.39, 0.29) is 31.2 Å². The van der Waals surface area contributed by atoms with E-state index in [1.807, 2.05) is 36.4 Å². The molecule has 0 aromatic heterocycles. The Morgan fingerprint density at radius 3 is 2.50 bits per heavy atom. The summed E-state index contributed by atoms with van der Waals surface area (Å²) in [6.45, 7) is 0. The predicted molar refractivity (Wildman–Crippen MR) is 116 cm³/mol. The molecule has 0 spiro atoms. The van der Waals surface area contributed by atoms with Crippen molar-refractivity contribution in [2.75, 3.05) is 14.2 Å². The molecule has 2 aromatic rings. The number of hydrogen-bond acceptors (Lipinski definition) is 5. The highest BCUT2D eigenvalue weighted by Crippen LogP contribution is 2.39. The number of hydrogen-bond donors (Lipinski definition) is 1. The van der Waals surface area contributed by atoms with E-state index in [4.69, 9.17) is 14.6 Å². The van der Waals surface area contributed by atoms with E-state index in [0.29, 0.717) is 17.9 Å². The quantitative estimate of drug-likeness (QED) is 0.612. The lowest BCUT2D eigenvalue weighted by molar-refractivity contribution is -0.137. The molecule has 30 heavy (non-hydrogen) atoms. The van der Waals surface area contributed by atoms with Gasteiger partial charge in [-0.25, -0.2) is 5.01 Å². The Bertz CT molecular complexity index is 959. The summed E-state index contributed by atoms with van der Waals surface area (Å²) in [5, 5.41) is 14.9. The molecule has 1 aliphatic rings. The number of carboxylic acid groups (broad SMARTS) is 1. The van der Waals surface area contributed by atoms with E-state index >= 15 is 0 Å². The molecule has 8 heteroatoms. The average molecular weight is 475 g/mol. The standard InChI is InChI=1S/C22H23BrN2O5/c1-29-16-10-11-17(20(12-16)30-2)19-13-18(14-6-8-15(23)9-7-14)24-25(19)21(26)4-3-5-22(27)28/h6-12,19H,3-5,13H2,1-2H3,(H,27,28). The molecular weight excluding hydrogens is 452 g/mol. The normalized spacial score (nSPS) is 15.6. The van der Waals surface area contributed by atoms with E-state index in [9.17, 15) is 9.59 Å². The van der Waals surface area contributed by atoms with Gasteiger partial charge in [-0.2, -0.15) is 5.10 Å². The van der Waals surface area contributed by atoms with Crippen LogP contribution in [-0.4, -0.2) is 41.9 Å². The summed E-state index contributed by atoms with van der Waals surface area (Å²) in [6.07, 6.45) is 0.840. The zero-order valence-electron chi connectivity index (χ0n) is 16.8. The van der Waals surface area contributed by atoms with E-state index < -0.39 is 5.97 Å². The summed E-state index contributed by atoms with van der Waals surface area (Å²) in [5.41, 5.74) is 2.54. The van der Waals surface area contributed by atoms with Gasteiger partial charge in [0.1, 0.15) is 11.5 Å². The smallest absolute Gasteiger partial charge is 0.303 e. The number of rotatable bonds is 8. The fourth-order valence-corrected chi connectivity index (χ4v) is 3.66. The summed E-state index contributed by atoms with van der Waals surface area (Å²) in [5.74, 6) is 0.125. The molecule has 0 aliphatic carbocycles. The highest BCUT2D eigenvalue weighted by atomic mass is 79.9. The van der Waals surface area contributed by atoms with E-state index in [1.165, 1.54) is 5.01 Å². The minimum absolute atomic E-state index is 0.0562. The average Bonchev–Trinajstić information content (AvgIpc) is 3.18. The van der Waals surface area contributed by atoms with Gasteiger partial charge in [-0.05, 0) is 36.2 Å². The van der Waals surface area contributed by atoms with Crippen LogP contribution < -0.4 is 9.47 Å². The van der Waals surface area contributed by atoms with Crippen LogP contribution in [-0.2, 0) is 9.59 Å². The number of halogens is 1. The zero-order chi connectivity index (χ0) is 21.7. The Kier molecular flexibility index (Phi) is 7.10. The number of carbonyl (C=O) groups excluding carboxylic acids is 1. The first-order valence-electron chi connectivity index (χ1n) is 9.52. The van der Waals surface area contributed by atoms with Gasteiger partial charge in [0.15, 0.2) is 0 Å². The molecule has 2 aromatic carbocycles. The second kappa shape index (κ2) is 9.75. The number of nitrogens with zero attached hydrogens (tertiary/aromatic N) is 2. The summed E-state index contributed by atoms with van der Waals surface area (Å²) in [6, 6.07) is 12.9. The van der Waals surface area contributed by atoms with Crippen molar-refractivity contribution in [3.05, 3.63) is 58.1 Å². The molecule has 0 fully saturated rings. The molecule has 1 amide bonds. The molecular formula is C22H23BrN2O5. The highest BCUT2D eigenvalue weighted by Gasteiger charge is 2.34. The third kappa shape index (κ3) is 4.99. The van der Waals surface area contributed by atoms with Crippen LogP contribution in [0.25, 0.3) is 0 Å².